The molecule has 1 heterocycles. The van der Waals surface area contributed by atoms with Crippen molar-refractivity contribution in [3.05, 3.63) is 35.4 Å². The average Bonchev–Trinajstić information content (AvgIpc) is 2.55. The number of benzene rings is 1. The minimum atomic E-state index is -0.401. The van der Waals surface area contributed by atoms with Crippen molar-refractivity contribution in [1.82, 2.24) is 10.2 Å². The molecule has 0 saturated heterocycles. The Balaban J connectivity index is 1.65. The van der Waals surface area contributed by atoms with Crippen LogP contribution in [0.5, 0.6) is 0 Å². The Labute approximate surface area is 137 Å². The molecular weight excluding hydrogens is 290 g/mol. The van der Waals surface area contributed by atoms with Crippen molar-refractivity contribution in [1.29, 1.82) is 0 Å². The zero-order valence-corrected chi connectivity index (χ0v) is 13.5. The standard InChI is InChI=1S/C18H25N3O2/c19-18(23)16-10-13-6-4-5-7-14(13)11-21(16)12-17(22)20-15-8-2-1-3-9-15/h4-7,15-16H,1-3,8-12H2,(H2,19,23)(H,20,22). The molecule has 0 aromatic heterocycles. The minimum Gasteiger partial charge on any atom is -0.368 e. The predicted molar refractivity (Wildman–Crippen MR) is 88.6 cm³/mol. The van der Waals surface area contributed by atoms with Crippen molar-refractivity contribution < 1.29 is 9.59 Å². The van der Waals surface area contributed by atoms with Crippen LogP contribution < -0.4 is 11.1 Å². The summed E-state index contributed by atoms with van der Waals surface area (Å²) in [6, 6.07) is 7.94. The molecule has 0 spiro atoms. The molecule has 1 fully saturated rings. The third-order valence-electron chi connectivity index (χ3n) is 4.99. The summed E-state index contributed by atoms with van der Waals surface area (Å²) in [6.45, 7) is 0.834. The lowest BCUT2D eigenvalue weighted by atomic mass is 9.93. The van der Waals surface area contributed by atoms with E-state index in [1.54, 1.807) is 0 Å². The second-order valence-electron chi connectivity index (χ2n) is 6.70. The quantitative estimate of drug-likeness (QED) is 0.880. The lowest BCUT2D eigenvalue weighted by Crippen LogP contribution is -2.52. The van der Waals surface area contributed by atoms with Crippen molar-refractivity contribution in [3.8, 4) is 0 Å². The van der Waals surface area contributed by atoms with Gasteiger partial charge in [-0.05, 0) is 30.4 Å². The van der Waals surface area contributed by atoms with Gasteiger partial charge in [0.25, 0.3) is 0 Å². The molecular formula is C18H25N3O2. The molecule has 1 unspecified atom stereocenters. The Kier molecular flexibility index (Phi) is 4.96. The summed E-state index contributed by atoms with van der Waals surface area (Å²) in [4.78, 5) is 26.1. The van der Waals surface area contributed by atoms with Gasteiger partial charge < -0.3 is 11.1 Å². The Morgan fingerprint density at radius 1 is 1.13 bits per heavy atom. The van der Waals surface area contributed by atoms with Gasteiger partial charge in [0.05, 0.1) is 12.6 Å². The van der Waals surface area contributed by atoms with Gasteiger partial charge in [-0.25, -0.2) is 0 Å². The molecule has 1 atom stereocenters. The highest BCUT2D eigenvalue weighted by Crippen LogP contribution is 2.23. The Bertz CT molecular complexity index is 581. The number of nitrogens with zero attached hydrogens (tertiary/aromatic N) is 1. The molecule has 0 bridgehead atoms. The van der Waals surface area contributed by atoms with Crippen molar-refractivity contribution >= 4 is 11.8 Å². The predicted octanol–water partition coefficient (Wildman–Crippen LogP) is 1.35. The van der Waals surface area contributed by atoms with Gasteiger partial charge in [0.1, 0.15) is 0 Å². The van der Waals surface area contributed by atoms with Gasteiger partial charge in [0.2, 0.25) is 11.8 Å². The van der Waals surface area contributed by atoms with E-state index in [1.807, 2.05) is 23.1 Å². The van der Waals surface area contributed by atoms with Crippen molar-refractivity contribution in [2.75, 3.05) is 6.54 Å². The molecule has 5 nitrogen and oxygen atoms in total. The van der Waals surface area contributed by atoms with Crippen LogP contribution in [0.3, 0.4) is 0 Å². The van der Waals surface area contributed by atoms with E-state index in [4.69, 9.17) is 5.73 Å². The van der Waals surface area contributed by atoms with Crippen LogP contribution in [0.4, 0.5) is 0 Å². The summed E-state index contributed by atoms with van der Waals surface area (Å²) in [5.41, 5.74) is 7.89. The number of nitrogens with two attached hydrogens (primary N) is 1. The molecule has 3 N–H and O–H groups in total. The van der Waals surface area contributed by atoms with E-state index in [2.05, 4.69) is 11.4 Å². The van der Waals surface area contributed by atoms with Crippen LogP contribution >= 0.6 is 0 Å². The monoisotopic (exact) mass is 315 g/mol. The van der Waals surface area contributed by atoms with E-state index < -0.39 is 6.04 Å². The highest BCUT2D eigenvalue weighted by molar-refractivity contribution is 5.83. The Morgan fingerprint density at radius 3 is 2.52 bits per heavy atom. The fourth-order valence-corrected chi connectivity index (χ4v) is 3.73. The number of primary amides is 1. The van der Waals surface area contributed by atoms with E-state index >= 15 is 0 Å². The molecule has 23 heavy (non-hydrogen) atoms. The Hall–Kier alpha value is -1.88. The normalized spacial score (nSPS) is 22.3. The van der Waals surface area contributed by atoms with Crippen molar-refractivity contribution in [2.45, 2.75) is 57.2 Å². The number of hydrogen-bond acceptors (Lipinski definition) is 3. The zero-order chi connectivity index (χ0) is 16.2. The lowest BCUT2D eigenvalue weighted by Gasteiger charge is -2.35. The summed E-state index contributed by atoms with van der Waals surface area (Å²) in [5.74, 6) is -0.354. The molecule has 3 rings (SSSR count). The van der Waals surface area contributed by atoms with Gasteiger partial charge in [-0.3, -0.25) is 14.5 Å². The number of rotatable bonds is 4. The summed E-state index contributed by atoms with van der Waals surface area (Å²) < 4.78 is 0. The maximum absolute atomic E-state index is 12.4. The third-order valence-corrected chi connectivity index (χ3v) is 4.99. The largest absolute Gasteiger partial charge is 0.368 e. The second-order valence-corrected chi connectivity index (χ2v) is 6.70. The molecule has 2 aliphatic rings. The van der Waals surface area contributed by atoms with Gasteiger partial charge in [-0.1, -0.05) is 43.5 Å². The van der Waals surface area contributed by atoms with Gasteiger partial charge in [0, 0.05) is 12.6 Å². The van der Waals surface area contributed by atoms with Crippen LogP contribution in [0, 0.1) is 0 Å². The smallest absolute Gasteiger partial charge is 0.235 e. The van der Waals surface area contributed by atoms with E-state index in [0.717, 1.165) is 18.4 Å². The molecule has 2 amide bonds. The van der Waals surface area contributed by atoms with E-state index in [1.165, 1.54) is 24.8 Å². The molecule has 1 aliphatic heterocycles. The average molecular weight is 315 g/mol. The molecule has 5 heteroatoms. The number of amides is 2. The Morgan fingerprint density at radius 2 is 1.83 bits per heavy atom. The van der Waals surface area contributed by atoms with Crippen LogP contribution in [0.25, 0.3) is 0 Å². The summed E-state index contributed by atoms with van der Waals surface area (Å²) in [6.07, 6.45) is 6.35. The van der Waals surface area contributed by atoms with Crippen LogP contribution in [-0.2, 0) is 22.6 Å². The van der Waals surface area contributed by atoms with Gasteiger partial charge >= 0.3 is 0 Å². The van der Waals surface area contributed by atoms with E-state index in [9.17, 15) is 9.59 Å². The first-order valence-corrected chi connectivity index (χ1v) is 8.53. The number of hydrogen-bond donors (Lipinski definition) is 2. The molecule has 1 aromatic carbocycles. The maximum Gasteiger partial charge on any atom is 0.235 e. The molecule has 1 saturated carbocycles. The number of nitrogens with one attached hydrogen (secondary N) is 1. The number of carbonyl (C=O) groups is 2. The maximum atomic E-state index is 12.4. The van der Waals surface area contributed by atoms with Gasteiger partial charge in [-0.2, -0.15) is 0 Å². The first-order valence-electron chi connectivity index (χ1n) is 8.53. The molecule has 1 aromatic rings. The van der Waals surface area contributed by atoms with E-state index in [0.29, 0.717) is 19.0 Å². The molecule has 0 radical (unpaired) electrons. The first kappa shape index (κ1) is 16.0. The highest BCUT2D eigenvalue weighted by atomic mass is 16.2. The van der Waals surface area contributed by atoms with Crippen molar-refractivity contribution in [2.24, 2.45) is 5.73 Å². The van der Waals surface area contributed by atoms with Crippen LogP contribution in [0.1, 0.15) is 43.2 Å². The zero-order valence-electron chi connectivity index (χ0n) is 13.5. The van der Waals surface area contributed by atoms with Crippen LogP contribution in [-0.4, -0.2) is 35.3 Å². The summed E-state index contributed by atoms with van der Waals surface area (Å²) >= 11 is 0. The minimum absolute atomic E-state index is 0.00234. The fraction of sp³-hybridized carbons (Fsp3) is 0.556. The molecule has 1 aliphatic carbocycles. The van der Waals surface area contributed by atoms with Crippen molar-refractivity contribution in [3.63, 3.8) is 0 Å². The number of fused-ring (bicyclic) bond motifs is 1. The fourth-order valence-electron chi connectivity index (χ4n) is 3.73. The summed E-state index contributed by atoms with van der Waals surface area (Å²) in [7, 11) is 0. The van der Waals surface area contributed by atoms with Crippen LogP contribution in [0.15, 0.2) is 24.3 Å². The molecule has 124 valence electrons. The lowest BCUT2D eigenvalue weighted by molar-refractivity contribution is -0.128. The highest BCUT2D eigenvalue weighted by Gasteiger charge is 2.31. The van der Waals surface area contributed by atoms with Gasteiger partial charge in [-0.15, -0.1) is 0 Å². The topological polar surface area (TPSA) is 75.4 Å². The number of carbonyl (C=O) groups excluding carboxylic acids is 2. The van der Waals surface area contributed by atoms with Gasteiger partial charge in [0.15, 0.2) is 0 Å². The van der Waals surface area contributed by atoms with Crippen LogP contribution in [0.2, 0.25) is 0 Å². The summed E-state index contributed by atoms with van der Waals surface area (Å²) in [5, 5.41) is 3.12. The third kappa shape index (κ3) is 3.91. The first-order chi connectivity index (χ1) is 11.1. The van der Waals surface area contributed by atoms with E-state index in [-0.39, 0.29) is 18.4 Å². The SMILES string of the molecule is NC(=O)C1Cc2ccccc2CN1CC(=O)NC1CCCCC1. The second kappa shape index (κ2) is 7.13.